The van der Waals surface area contributed by atoms with Gasteiger partial charge in [-0.05, 0) is 85.9 Å². The van der Waals surface area contributed by atoms with E-state index in [9.17, 15) is 19.2 Å². The largest absolute Gasteiger partial charge is 0.296 e. The van der Waals surface area contributed by atoms with E-state index in [4.69, 9.17) is 11.6 Å². The van der Waals surface area contributed by atoms with Gasteiger partial charge in [0, 0.05) is 49.7 Å². The van der Waals surface area contributed by atoms with Crippen LogP contribution in [0.25, 0.3) is 5.57 Å². The van der Waals surface area contributed by atoms with Crippen LogP contribution in [0.2, 0.25) is 5.02 Å². The second-order valence-electron chi connectivity index (χ2n) is 13.8. The van der Waals surface area contributed by atoms with Gasteiger partial charge >= 0.3 is 0 Å². The van der Waals surface area contributed by atoms with E-state index >= 15 is 0 Å². The molecule has 0 saturated carbocycles. The van der Waals surface area contributed by atoms with Crippen LogP contribution in [-0.4, -0.2) is 76.1 Å². The van der Waals surface area contributed by atoms with Crippen LogP contribution in [0.3, 0.4) is 0 Å². The summed E-state index contributed by atoms with van der Waals surface area (Å²) in [6, 6.07) is 13.4. The quantitative estimate of drug-likeness (QED) is 0.443. The van der Waals surface area contributed by atoms with Gasteiger partial charge in [-0.15, -0.1) is 0 Å². The Morgan fingerprint density at radius 2 is 1.57 bits per heavy atom. The van der Waals surface area contributed by atoms with Gasteiger partial charge in [0.25, 0.3) is 11.8 Å². The van der Waals surface area contributed by atoms with Crippen LogP contribution in [0, 0.1) is 5.41 Å². The maximum atomic E-state index is 13.3. The zero-order valence-corrected chi connectivity index (χ0v) is 26.7. The first-order valence-corrected chi connectivity index (χ1v) is 16.1. The van der Waals surface area contributed by atoms with E-state index in [1.807, 2.05) is 18.2 Å². The first-order valence-electron chi connectivity index (χ1n) is 15.7. The second-order valence-corrected chi connectivity index (χ2v) is 14.3. The number of amides is 4. The van der Waals surface area contributed by atoms with Crippen LogP contribution in [0.15, 0.2) is 48.0 Å². The number of benzene rings is 2. The number of piperazine rings is 1. The van der Waals surface area contributed by atoms with E-state index in [0.717, 1.165) is 48.0 Å². The predicted octanol–water partition coefficient (Wildman–Crippen LogP) is 5.30. The van der Waals surface area contributed by atoms with Crippen molar-refractivity contribution in [1.82, 2.24) is 20.0 Å². The molecule has 2 aromatic rings. The van der Waals surface area contributed by atoms with E-state index in [1.165, 1.54) is 23.1 Å². The monoisotopic (exact) mass is 616 g/mol. The molecule has 1 aliphatic carbocycles. The van der Waals surface area contributed by atoms with Crippen LogP contribution in [-0.2, 0) is 16.1 Å². The van der Waals surface area contributed by atoms with Crippen molar-refractivity contribution in [2.24, 2.45) is 5.41 Å². The summed E-state index contributed by atoms with van der Waals surface area (Å²) in [5.41, 5.74) is 6.15. The maximum Gasteiger partial charge on any atom is 0.262 e. The topological polar surface area (TPSA) is 90.0 Å². The molecule has 0 radical (unpaired) electrons. The van der Waals surface area contributed by atoms with Gasteiger partial charge in [-0.25, -0.2) is 0 Å². The Kier molecular flexibility index (Phi) is 8.28. The average molecular weight is 617 g/mol. The van der Waals surface area contributed by atoms with Crippen molar-refractivity contribution in [3.8, 4) is 0 Å². The number of nitrogens with zero attached hydrogens (tertiary/aromatic N) is 3. The van der Waals surface area contributed by atoms with Gasteiger partial charge in [-0.3, -0.25) is 39.2 Å². The summed E-state index contributed by atoms with van der Waals surface area (Å²) in [6.07, 6.45) is 3.60. The van der Waals surface area contributed by atoms with Crippen LogP contribution in [0.1, 0.15) is 91.6 Å². The number of carbonyl (C=O) groups excluding carboxylic acids is 4. The number of imide groups is 2. The minimum atomic E-state index is -0.955. The van der Waals surface area contributed by atoms with Gasteiger partial charge in [-0.2, -0.15) is 0 Å². The smallest absolute Gasteiger partial charge is 0.262 e. The molecule has 0 aromatic heterocycles. The normalized spacial score (nSPS) is 26.3. The van der Waals surface area contributed by atoms with E-state index < -0.39 is 23.8 Å². The first-order chi connectivity index (χ1) is 20.9. The summed E-state index contributed by atoms with van der Waals surface area (Å²) < 4.78 is 0. The van der Waals surface area contributed by atoms with Crippen molar-refractivity contribution in [1.29, 1.82) is 0 Å². The molecule has 3 atom stereocenters. The molecule has 2 saturated heterocycles. The Balaban J connectivity index is 1.14. The zero-order valence-electron chi connectivity index (χ0n) is 26.0. The number of nitrogens with one attached hydrogen (secondary N) is 1. The minimum absolute atomic E-state index is 0.106. The summed E-state index contributed by atoms with van der Waals surface area (Å²) in [4.78, 5) is 56.5. The lowest BCUT2D eigenvalue weighted by Gasteiger charge is -2.46. The third kappa shape index (κ3) is 6.00. The van der Waals surface area contributed by atoms with Crippen molar-refractivity contribution in [3.05, 3.63) is 75.3 Å². The molecule has 9 heteroatoms. The molecule has 0 spiro atoms. The fourth-order valence-corrected chi connectivity index (χ4v) is 7.59. The third-order valence-electron chi connectivity index (χ3n) is 9.84. The van der Waals surface area contributed by atoms with Gasteiger partial charge in [-0.1, -0.05) is 49.2 Å². The van der Waals surface area contributed by atoms with Crippen molar-refractivity contribution in [2.75, 3.05) is 19.6 Å². The maximum absolute atomic E-state index is 13.3. The number of halogens is 1. The molecule has 3 heterocycles. The summed E-state index contributed by atoms with van der Waals surface area (Å²) in [5.74, 6) is -1.91. The van der Waals surface area contributed by atoms with Crippen molar-refractivity contribution < 1.29 is 19.2 Å². The molecule has 4 amide bonds. The highest BCUT2D eigenvalue weighted by Gasteiger charge is 2.44. The van der Waals surface area contributed by atoms with E-state index in [-0.39, 0.29) is 24.2 Å². The molecule has 6 rings (SSSR count). The molecule has 4 aliphatic rings. The molecule has 8 nitrogen and oxygen atoms in total. The molecule has 44 heavy (non-hydrogen) atoms. The van der Waals surface area contributed by atoms with E-state index in [1.54, 1.807) is 12.1 Å². The number of rotatable bonds is 6. The number of carbonyl (C=O) groups is 4. The molecule has 1 N–H and O–H groups in total. The van der Waals surface area contributed by atoms with Crippen LogP contribution < -0.4 is 5.32 Å². The van der Waals surface area contributed by atoms with Crippen molar-refractivity contribution >= 4 is 40.8 Å². The Morgan fingerprint density at radius 3 is 2.25 bits per heavy atom. The molecular formula is C35H41ClN4O4. The van der Waals surface area contributed by atoms with Crippen molar-refractivity contribution in [3.63, 3.8) is 0 Å². The average Bonchev–Trinajstić information content (AvgIpc) is 3.20. The van der Waals surface area contributed by atoms with Crippen LogP contribution >= 0.6 is 11.6 Å². The predicted molar refractivity (Wildman–Crippen MR) is 170 cm³/mol. The Bertz CT molecular complexity index is 1540. The number of piperidine rings is 1. The lowest BCUT2D eigenvalue weighted by Crippen LogP contribution is -2.56. The Labute approximate surface area is 264 Å². The highest BCUT2D eigenvalue weighted by Crippen LogP contribution is 2.43. The standard InChI is InChI=1S/C35H41ClN4O4/c1-21-17-38(18-22(2)39(21)20-25-13-14-35(3,4)16-29(25)24-6-8-26(36)9-7-24)19-23-5-10-27-28(15-23)34(44)40(33(27)43)30-11-12-31(41)37-32(30)42/h5-10,15,21-22,30H,11-14,16-20H2,1-4H3,(H,37,41,42). The van der Waals surface area contributed by atoms with Crippen molar-refractivity contribution in [2.45, 2.75) is 84.5 Å². The Morgan fingerprint density at radius 1 is 0.886 bits per heavy atom. The third-order valence-corrected chi connectivity index (χ3v) is 10.1. The molecule has 232 valence electrons. The number of fused-ring (bicyclic) bond motifs is 1. The lowest BCUT2D eigenvalue weighted by molar-refractivity contribution is -0.136. The molecule has 3 unspecified atom stereocenters. The number of hydrogen-bond acceptors (Lipinski definition) is 6. The molecule has 3 aliphatic heterocycles. The van der Waals surface area contributed by atoms with Gasteiger partial charge in [0.05, 0.1) is 11.1 Å². The highest BCUT2D eigenvalue weighted by atomic mass is 35.5. The highest BCUT2D eigenvalue weighted by molar-refractivity contribution is 6.30. The molecule has 2 aromatic carbocycles. The van der Waals surface area contributed by atoms with E-state index in [2.05, 4.69) is 54.9 Å². The number of allylic oxidation sites excluding steroid dienone is 1. The summed E-state index contributed by atoms with van der Waals surface area (Å²) >= 11 is 6.21. The first kappa shape index (κ1) is 30.7. The van der Waals surface area contributed by atoms with E-state index in [0.29, 0.717) is 29.8 Å². The summed E-state index contributed by atoms with van der Waals surface area (Å²) in [7, 11) is 0. The molecule has 0 bridgehead atoms. The Hall–Kier alpha value is -3.33. The zero-order chi connectivity index (χ0) is 31.3. The summed E-state index contributed by atoms with van der Waals surface area (Å²) in [5, 5.41) is 3.01. The van der Waals surface area contributed by atoms with Gasteiger partial charge in [0.15, 0.2) is 0 Å². The van der Waals surface area contributed by atoms with Gasteiger partial charge in [0.1, 0.15) is 6.04 Å². The van der Waals surface area contributed by atoms with Crippen LogP contribution in [0.4, 0.5) is 0 Å². The molecular weight excluding hydrogens is 576 g/mol. The fraction of sp³-hybridized carbons (Fsp3) is 0.486. The molecule has 2 fully saturated rings. The van der Waals surface area contributed by atoms with Gasteiger partial charge in [0.2, 0.25) is 11.8 Å². The second kappa shape index (κ2) is 11.9. The lowest BCUT2D eigenvalue weighted by atomic mass is 9.72. The number of hydrogen-bond donors (Lipinski definition) is 1. The SMILES string of the molecule is CC1CN(Cc2ccc3c(c2)C(=O)N(C2CCC(=O)NC2=O)C3=O)CC(C)N1CC1=C(c2ccc(Cl)cc2)CC(C)(C)CC1. The minimum Gasteiger partial charge on any atom is -0.296 e. The van der Waals surface area contributed by atoms with Gasteiger partial charge < -0.3 is 0 Å². The fourth-order valence-electron chi connectivity index (χ4n) is 7.47. The summed E-state index contributed by atoms with van der Waals surface area (Å²) in [6.45, 7) is 12.7. The van der Waals surface area contributed by atoms with Crippen LogP contribution in [0.5, 0.6) is 0 Å².